The summed E-state index contributed by atoms with van der Waals surface area (Å²) in [7, 11) is 0. The molecule has 0 fully saturated rings. The van der Waals surface area contributed by atoms with E-state index in [1.165, 1.54) is 6.07 Å². The highest BCUT2D eigenvalue weighted by Crippen LogP contribution is 2.36. The zero-order valence-corrected chi connectivity index (χ0v) is 13.0. The molecule has 6 heteroatoms. The van der Waals surface area contributed by atoms with E-state index in [0.29, 0.717) is 22.6 Å². The van der Waals surface area contributed by atoms with Crippen LogP contribution in [0.5, 0.6) is 5.75 Å². The molecule has 0 amide bonds. The lowest BCUT2D eigenvalue weighted by molar-refractivity contribution is -0.384. The van der Waals surface area contributed by atoms with Crippen molar-refractivity contribution in [3.63, 3.8) is 0 Å². The van der Waals surface area contributed by atoms with Crippen molar-refractivity contribution in [2.45, 2.75) is 0 Å². The van der Waals surface area contributed by atoms with Gasteiger partial charge in [-0.25, -0.2) is 4.98 Å². The Hall–Kier alpha value is -3.67. The molecule has 4 aromatic rings. The van der Waals surface area contributed by atoms with Crippen molar-refractivity contribution in [1.82, 2.24) is 9.38 Å². The molecule has 0 unspecified atom stereocenters. The van der Waals surface area contributed by atoms with E-state index in [4.69, 9.17) is 0 Å². The molecule has 2 aromatic heterocycles. The Morgan fingerprint density at radius 3 is 2.36 bits per heavy atom. The second kappa shape index (κ2) is 5.76. The molecule has 0 atom stereocenters. The number of aromatic hydroxyl groups is 1. The minimum absolute atomic E-state index is 0.0120. The highest BCUT2D eigenvalue weighted by atomic mass is 16.6. The third-order valence-corrected chi connectivity index (χ3v) is 4.05. The first-order valence-electron chi connectivity index (χ1n) is 7.66. The van der Waals surface area contributed by atoms with Crippen LogP contribution in [0.1, 0.15) is 0 Å². The van der Waals surface area contributed by atoms with Crippen LogP contribution in [-0.2, 0) is 0 Å². The van der Waals surface area contributed by atoms with Crippen LogP contribution in [0.4, 0.5) is 5.69 Å². The Morgan fingerprint density at radius 1 is 0.920 bits per heavy atom. The van der Waals surface area contributed by atoms with E-state index in [2.05, 4.69) is 4.98 Å². The second-order valence-corrected chi connectivity index (χ2v) is 5.53. The third-order valence-electron chi connectivity index (χ3n) is 4.05. The van der Waals surface area contributed by atoms with Gasteiger partial charge in [0, 0.05) is 17.8 Å². The molecule has 0 aliphatic heterocycles. The minimum atomic E-state index is -0.418. The van der Waals surface area contributed by atoms with E-state index < -0.39 is 4.92 Å². The number of nitro groups is 1. The SMILES string of the molecule is O=[N+]([O-])c1ccccc1-c1nc(-c2ccccc2O)c2ccccn12. The predicted molar refractivity (Wildman–Crippen MR) is 94.4 cm³/mol. The summed E-state index contributed by atoms with van der Waals surface area (Å²) in [5, 5.41) is 21.6. The number of phenolic OH excluding ortho intramolecular Hbond substituents is 1. The van der Waals surface area contributed by atoms with E-state index in [-0.39, 0.29) is 11.4 Å². The molecule has 0 bridgehead atoms. The van der Waals surface area contributed by atoms with Gasteiger partial charge in [0.05, 0.1) is 16.0 Å². The largest absolute Gasteiger partial charge is 0.507 e. The molecule has 2 heterocycles. The van der Waals surface area contributed by atoms with Gasteiger partial charge in [0.2, 0.25) is 0 Å². The van der Waals surface area contributed by atoms with Gasteiger partial charge in [-0.3, -0.25) is 14.5 Å². The molecular formula is C19H13N3O3. The minimum Gasteiger partial charge on any atom is -0.507 e. The zero-order chi connectivity index (χ0) is 17.4. The van der Waals surface area contributed by atoms with E-state index in [1.807, 2.05) is 24.3 Å². The van der Waals surface area contributed by atoms with Crippen LogP contribution < -0.4 is 0 Å². The fourth-order valence-corrected chi connectivity index (χ4v) is 2.92. The Bertz CT molecular complexity index is 1100. The number of benzene rings is 2. The average molecular weight is 331 g/mol. The predicted octanol–water partition coefficient (Wildman–Crippen LogP) is 4.28. The highest BCUT2D eigenvalue weighted by Gasteiger charge is 2.21. The number of fused-ring (bicyclic) bond motifs is 1. The molecule has 0 spiro atoms. The van der Waals surface area contributed by atoms with Crippen LogP contribution in [0.15, 0.2) is 72.9 Å². The van der Waals surface area contributed by atoms with Crippen LogP contribution in [0.3, 0.4) is 0 Å². The number of hydrogen-bond acceptors (Lipinski definition) is 4. The van der Waals surface area contributed by atoms with E-state index in [1.54, 1.807) is 47.0 Å². The molecule has 0 aliphatic carbocycles. The first-order valence-corrected chi connectivity index (χ1v) is 7.66. The van der Waals surface area contributed by atoms with Crippen molar-refractivity contribution < 1.29 is 10.0 Å². The Morgan fingerprint density at radius 2 is 1.60 bits per heavy atom. The lowest BCUT2D eigenvalue weighted by Crippen LogP contribution is -1.95. The third kappa shape index (κ3) is 2.40. The number of phenols is 1. The highest BCUT2D eigenvalue weighted by molar-refractivity contribution is 5.85. The fraction of sp³-hybridized carbons (Fsp3) is 0. The van der Waals surface area contributed by atoms with Gasteiger partial charge in [-0.15, -0.1) is 0 Å². The monoisotopic (exact) mass is 331 g/mol. The smallest absolute Gasteiger partial charge is 0.280 e. The number of hydrogen-bond donors (Lipinski definition) is 1. The van der Waals surface area contributed by atoms with Gasteiger partial charge in [-0.1, -0.05) is 30.3 Å². The molecule has 25 heavy (non-hydrogen) atoms. The van der Waals surface area contributed by atoms with Crippen molar-refractivity contribution in [2.75, 3.05) is 0 Å². The summed E-state index contributed by atoms with van der Waals surface area (Å²) in [5.41, 5.74) is 2.33. The first kappa shape index (κ1) is 14.9. The number of para-hydroxylation sites is 2. The number of pyridine rings is 1. The molecule has 2 aromatic carbocycles. The van der Waals surface area contributed by atoms with Crippen molar-refractivity contribution in [3.05, 3.63) is 83.0 Å². The van der Waals surface area contributed by atoms with Crippen molar-refractivity contribution >= 4 is 11.2 Å². The number of rotatable bonds is 3. The lowest BCUT2D eigenvalue weighted by atomic mass is 10.1. The summed E-state index contributed by atoms with van der Waals surface area (Å²) in [6.07, 6.45) is 1.80. The molecule has 0 saturated carbocycles. The van der Waals surface area contributed by atoms with Crippen LogP contribution in [-0.4, -0.2) is 19.4 Å². The van der Waals surface area contributed by atoms with Gasteiger partial charge in [-0.2, -0.15) is 0 Å². The zero-order valence-electron chi connectivity index (χ0n) is 13.0. The second-order valence-electron chi connectivity index (χ2n) is 5.53. The van der Waals surface area contributed by atoms with Crippen LogP contribution in [0.25, 0.3) is 28.2 Å². The maximum absolute atomic E-state index is 11.4. The van der Waals surface area contributed by atoms with Crippen molar-refractivity contribution in [3.8, 4) is 28.4 Å². The summed E-state index contributed by atoms with van der Waals surface area (Å²) in [6, 6.07) is 19.0. The number of imidazole rings is 1. The maximum atomic E-state index is 11.4. The van der Waals surface area contributed by atoms with Gasteiger partial charge in [0.25, 0.3) is 5.69 Å². The average Bonchev–Trinajstić information content (AvgIpc) is 3.01. The first-order chi connectivity index (χ1) is 12.2. The van der Waals surface area contributed by atoms with Crippen LogP contribution in [0, 0.1) is 10.1 Å². The van der Waals surface area contributed by atoms with E-state index >= 15 is 0 Å². The van der Waals surface area contributed by atoms with Crippen LogP contribution >= 0.6 is 0 Å². The molecule has 0 aliphatic rings. The standard InChI is InChI=1S/C19H13N3O3/c23-17-11-4-2-8-14(17)18-16-10-5-6-12-21(16)19(20-18)13-7-1-3-9-15(13)22(24)25/h1-12,23H. The normalized spacial score (nSPS) is 10.9. The molecular weight excluding hydrogens is 318 g/mol. The Labute approximate surface area is 142 Å². The number of aromatic nitrogens is 2. The fourth-order valence-electron chi connectivity index (χ4n) is 2.92. The van der Waals surface area contributed by atoms with Gasteiger partial charge < -0.3 is 5.11 Å². The summed E-state index contributed by atoms with van der Waals surface area (Å²) < 4.78 is 1.80. The number of nitro benzene ring substituents is 1. The van der Waals surface area contributed by atoms with Gasteiger partial charge in [0.15, 0.2) is 5.82 Å². The molecule has 4 rings (SSSR count). The maximum Gasteiger partial charge on any atom is 0.280 e. The van der Waals surface area contributed by atoms with Crippen molar-refractivity contribution in [1.29, 1.82) is 0 Å². The summed E-state index contributed by atoms with van der Waals surface area (Å²) in [6.45, 7) is 0. The van der Waals surface area contributed by atoms with Crippen LogP contribution in [0.2, 0.25) is 0 Å². The molecule has 0 saturated heterocycles. The number of nitrogens with zero attached hydrogens (tertiary/aromatic N) is 3. The quantitative estimate of drug-likeness (QED) is 0.449. The van der Waals surface area contributed by atoms with E-state index in [9.17, 15) is 15.2 Å². The Kier molecular flexibility index (Phi) is 3.43. The van der Waals surface area contributed by atoms with Crippen molar-refractivity contribution in [2.24, 2.45) is 0 Å². The summed E-state index contributed by atoms with van der Waals surface area (Å²) in [4.78, 5) is 15.6. The molecule has 6 nitrogen and oxygen atoms in total. The van der Waals surface area contributed by atoms with Gasteiger partial charge >= 0.3 is 0 Å². The van der Waals surface area contributed by atoms with Gasteiger partial charge in [-0.05, 0) is 30.3 Å². The molecule has 122 valence electrons. The molecule has 0 radical (unpaired) electrons. The summed E-state index contributed by atoms with van der Waals surface area (Å²) in [5.74, 6) is 0.571. The van der Waals surface area contributed by atoms with Gasteiger partial charge in [0.1, 0.15) is 11.4 Å². The lowest BCUT2D eigenvalue weighted by Gasteiger charge is -2.02. The Balaban J connectivity index is 2.05. The topological polar surface area (TPSA) is 80.7 Å². The molecule has 1 N–H and O–H groups in total. The summed E-state index contributed by atoms with van der Waals surface area (Å²) >= 11 is 0. The van der Waals surface area contributed by atoms with E-state index in [0.717, 1.165) is 5.52 Å².